The molecule has 10 heteroatoms. The van der Waals surface area contributed by atoms with Gasteiger partial charge >= 0.3 is 0 Å². The van der Waals surface area contributed by atoms with Gasteiger partial charge in [-0.25, -0.2) is 4.98 Å². The lowest BCUT2D eigenvalue weighted by Crippen LogP contribution is -2.46. The van der Waals surface area contributed by atoms with Gasteiger partial charge in [0.1, 0.15) is 10.8 Å². The molecule has 2 aromatic carbocycles. The molecule has 2 saturated heterocycles. The first-order chi connectivity index (χ1) is 20.7. The van der Waals surface area contributed by atoms with Gasteiger partial charge in [-0.05, 0) is 101 Å². The average molecular weight is 608 g/mol. The summed E-state index contributed by atoms with van der Waals surface area (Å²) >= 11 is 8.17. The number of halogens is 1. The van der Waals surface area contributed by atoms with E-state index < -0.39 is 0 Å². The molecule has 0 radical (unpaired) electrons. The Bertz CT molecular complexity index is 1330. The Morgan fingerprint density at radius 2 is 1.76 bits per heavy atom. The fourth-order valence-electron chi connectivity index (χ4n) is 5.84. The lowest BCUT2D eigenvalue weighted by Gasteiger charge is -2.41. The summed E-state index contributed by atoms with van der Waals surface area (Å²) in [7, 11) is 0. The molecule has 3 fully saturated rings. The second-order valence-electron chi connectivity index (χ2n) is 11.5. The second kappa shape index (κ2) is 14.2. The Labute approximate surface area is 259 Å². The molecule has 1 aromatic heterocycles. The minimum atomic E-state index is 0.454. The van der Waals surface area contributed by atoms with E-state index in [4.69, 9.17) is 21.3 Å². The van der Waals surface area contributed by atoms with Gasteiger partial charge in [0.05, 0.1) is 24.2 Å². The van der Waals surface area contributed by atoms with Crippen LogP contribution < -0.4 is 25.0 Å². The van der Waals surface area contributed by atoms with Crippen molar-refractivity contribution >= 4 is 52.4 Å². The van der Waals surface area contributed by atoms with Gasteiger partial charge in [0.2, 0.25) is 5.95 Å². The SMILES string of the molecule is CCOc1cc(N2CCC(N3CCCCC3)CC2)ccc1Nc1ncc(Cl)c(Nc2ccccc2SNCC2CC2)n1. The van der Waals surface area contributed by atoms with Crippen molar-refractivity contribution in [3.05, 3.63) is 53.7 Å². The van der Waals surface area contributed by atoms with Gasteiger partial charge in [0.25, 0.3) is 0 Å². The smallest absolute Gasteiger partial charge is 0.229 e. The maximum absolute atomic E-state index is 6.53. The standard InChI is InChI=1S/C32H42ClN7OS/c1-2-41-29-20-25(40-18-14-24(15-19-40)39-16-6-3-7-17-39)12-13-27(29)37-32-34-22-26(33)31(38-32)36-28-8-4-5-9-30(28)42-35-21-23-10-11-23/h4-5,8-9,12-13,20,22-24,35H,2-3,6-7,10-11,14-19,21H2,1H3,(H2,34,36,37,38). The number of aromatic nitrogens is 2. The topological polar surface area (TPSA) is 77.6 Å². The predicted octanol–water partition coefficient (Wildman–Crippen LogP) is 7.48. The molecular formula is C32H42ClN7OS. The van der Waals surface area contributed by atoms with Gasteiger partial charge in [-0.1, -0.05) is 30.2 Å². The Morgan fingerprint density at radius 1 is 0.952 bits per heavy atom. The Morgan fingerprint density at radius 3 is 2.55 bits per heavy atom. The number of benzene rings is 2. The molecule has 3 heterocycles. The molecule has 8 nitrogen and oxygen atoms in total. The van der Waals surface area contributed by atoms with Crippen molar-refractivity contribution < 1.29 is 4.74 Å². The summed E-state index contributed by atoms with van der Waals surface area (Å²) in [6.07, 6.45) is 10.8. The minimum Gasteiger partial charge on any atom is -0.492 e. The van der Waals surface area contributed by atoms with Crippen molar-refractivity contribution in [2.45, 2.75) is 62.8 Å². The fraction of sp³-hybridized carbons (Fsp3) is 0.500. The molecule has 1 saturated carbocycles. The molecule has 2 aliphatic heterocycles. The maximum Gasteiger partial charge on any atom is 0.229 e. The van der Waals surface area contributed by atoms with Gasteiger partial charge in [0.15, 0.2) is 5.82 Å². The highest BCUT2D eigenvalue weighted by Crippen LogP contribution is 2.36. The van der Waals surface area contributed by atoms with Gasteiger partial charge in [-0.2, -0.15) is 4.98 Å². The highest BCUT2D eigenvalue weighted by Gasteiger charge is 2.26. The van der Waals surface area contributed by atoms with Crippen LogP contribution >= 0.6 is 23.5 Å². The quantitative estimate of drug-likeness (QED) is 0.182. The zero-order valence-electron chi connectivity index (χ0n) is 24.4. The van der Waals surface area contributed by atoms with Gasteiger partial charge in [0, 0.05) is 42.3 Å². The summed E-state index contributed by atoms with van der Waals surface area (Å²) in [5.74, 6) is 2.62. The molecule has 3 aliphatic rings. The van der Waals surface area contributed by atoms with Crippen LogP contribution in [0, 0.1) is 5.92 Å². The molecule has 0 bridgehead atoms. The van der Waals surface area contributed by atoms with Crippen LogP contribution in [0.25, 0.3) is 0 Å². The van der Waals surface area contributed by atoms with E-state index in [0.717, 1.165) is 53.6 Å². The third-order valence-corrected chi connectivity index (χ3v) is 9.55. The predicted molar refractivity (Wildman–Crippen MR) is 175 cm³/mol. The number of anilines is 5. The van der Waals surface area contributed by atoms with Crippen molar-refractivity contribution in [2.75, 3.05) is 54.9 Å². The maximum atomic E-state index is 6.53. The molecular weight excluding hydrogens is 566 g/mol. The van der Waals surface area contributed by atoms with E-state index in [1.807, 2.05) is 25.1 Å². The van der Waals surface area contributed by atoms with Gasteiger partial charge < -0.3 is 25.2 Å². The summed E-state index contributed by atoms with van der Waals surface area (Å²) in [6, 6.07) is 15.3. The number of rotatable bonds is 12. The van der Waals surface area contributed by atoms with Crippen LogP contribution in [0.4, 0.5) is 28.8 Å². The summed E-state index contributed by atoms with van der Waals surface area (Å²) < 4.78 is 9.57. The molecule has 3 N–H and O–H groups in total. The molecule has 224 valence electrons. The molecule has 0 unspecified atom stereocenters. The second-order valence-corrected chi connectivity index (χ2v) is 12.8. The normalized spacial score (nSPS) is 18.2. The Balaban J connectivity index is 1.12. The van der Waals surface area contributed by atoms with Crippen molar-refractivity contribution in [1.29, 1.82) is 0 Å². The fourth-order valence-corrected chi connectivity index (χ4v) is 6.83. The van der Waals surface area contributed by atoms with Crippen LogP contribution in [0.2, 0.25) is 5.02 Å². The number of nitrogens with one attached hydrogen (secondary N) is 3. The van der Waals surface area contributed by atoms with Crippen LogP contribution in [0.5, 0.6) is 5.75 Å². The van der Waals surface area contributed by atoms with Crippen LogP contribution in [-0.2, 0) is 0 Å². The van der Waals surface area contributed by atoms with Crippen LogP contribution in [0.15, 0.2) is 53.6 Å². The molecule has 0 atom stereocenters. The van der Waals surface area contributed by atoms with E-state index >= 15 is 0 Å². The number of nitrogens with zero attached hydrogens (tertiary/aromatic N) is 4. The molecule has 0 amide bonds. The first-order valence-electron chi connectivity index (χ1n) is 15.5. The third kappa shape index (κ3) is 7.61. The highest BCUT2D eigenvalue weighted by atomic mass is 35.5. The van der Waals surface area contributed by atoms with Crippen molar-refractivity contribution in [1.82, 2.24) is 19.6 Å². The van der Waals surface area contributed by atoms with Crippen molar-refractivity contribution in [3.8, 4) is 5.75 Å². The van der Waals surface area contributed by atoms with E-state index in [-0.39, 0.29) is 0 Å². The van der Waals surface area contributed by atoms with Crippen LogP contribution in [0.3, 0.4) is 0 Å². The summed E-state index contributed by atoms with van der Waals surface area (Å²) in [4.78, 5) is 15.5. The number of likely N-dealkylation sites (tertiary alicyclic amines) is 1. The van der Waals surface area contributed by atoms with E-state index in [1.165, 1.54) is 63.7 Å². The largest absolute Gasteiger partial charge is 0.492 e. The Kier molecular flexibility index (Phi) is 9.90. The molecule has 6 rings (SSSR count). The first kappa shape index (κ1) is 29.4. The monoisotopic (exact) mass is 607 g/mol. The van der Waals surface area contributed by atoms with Gasteiger partial charge in [-0.3, -0.25) is 4.72 Å². The molecule has 3 aromatic rings. The zero-order chi connectivity index (χ0) is 28.7. The van der Waals surface area contributed by atoms with E-state index in [2.05, 4.69) is 54.4 Å². The number of ether oxygens (including phenoxy) is 1. The van der Waals surface area contributed by atoms with Crippen molar-refractivity contribution in [3.63, 3.8) is 0 Å². The molecule has 1 aliphatic carbocycles. The van der Waals surface area contributed by atoms with Crippen LogP contribution in [-0.4, -0.2) is 60.2 Å². The van der Waals surface area contributed by atoms with Crippen molar-refractivity contribution in [2.24, 2.45) is 5.92 Å². The number of hydrogen-bond acceptors (Lipinski definition) is 9. The number of piperidine rings is 2. The number of hydrogen-bond donors (Lipinski definition) is 3. The lowest BCUT2D eigenvalue weighted by molar-refractivity contribution is 0.141. The zero-order valence-corrected chi connectivity index (χ0v) is 26.0. The van der Waals surface area contributed by atoms with Crippen LogP contribution in [0.1, 0.15) is 51.9 Å². The lowest BCUT2D eigenvalue weighted by atomic mass is 9.99. The third-order valence-electron chi connectivity index (χ3n) is 8.38. The summed E-state index contributed by atoms with van der Waals surface area (Å²) in [5.41, 5.74) is 2.97. The molecule has 0 spiro atoms. The average Bonchev–Trinajstić information content (AvgIpc) is 3.86. The highest BCUT2D eigenvalue weighted by molar-refractivity contribution is 7.97. The van der Waals surface area contributed by atoms with E-state index in [0.29, 0.717) is 23.4 Å². The first-order valence-corrected chi connectivity index (χ1v) is 16.7. The summed E-state index contributed by atoms with van der Waals surface area (Å²) in [6.45, 7) is 8.30. The Hall–Kier alpha value is -2.72. The van der Waals surface area contributed by atoms with Gasteiger partial charge in [-0.15, -0.1) is 0 Å². The van der Waals surface area contributed by atoms with E-state index in [9.17, 15) is 0 Å². The van der Waals surface area contributed by atoms with E-state index in [1.54, 1.807) is 18.1 Å². The molecule has 42 heavy (non-hydrogen) atoms. The number of para-hydroxylation sites is 1. The minimum absolute atomic E-state index is 0.454. The summed E-state index contributed by atoms with van der Waals surface area (Å²) in [5, 5.41) is 7.24.